The standard InChI is InChI=1S/C18H23N5O9/c1-5-30-17(24)12-10(2)20-11(3)13(18(25)31-7-6-8-32-23(28)29)14(12)15-16(22(26)27)19-9-21(15)4/h9,14,20H,5-8H2,1-4H3. The summed E-state index contributed by atoms with van der Waals surface area (Å²) in [6.07, 6.45) is 1.25. The summed E-state index contributed by atoms with van der Waals surface area (Å²) in [6.45, 7) is 4.32. The van der Waals surface area contributed by atoms with Crippen LogP contribution < -0.4 is 5.32 Å². The molecule has 14 heteroatoms. The average molecular weight is 453 g/mol. The van der Waals surface area contributed by atoms with Gasteiger partial charge in [-0.2, -0.15) is 0 Å². The van der Waals surface area contributed by atoms with Crippen LogP contribution in [-0.2, 0) is 30.9 Å². The van der Waals surface area contributed by atoms with E-state index in [0.717, 1.165) is 0 Å². The van der Waals surface area contributed by atoms with E-state index in [1.807, 2.05) is 0 Å². The van der Waals surface area contributed by atoms with E-state index >= 15 is 0 Å². The number of hydrogen-bond acceptors (Lipinski definition) is 11. The lowest BCUT2D eigenvalue weighted by atomic mass is 9.82. The van der Waals surface area contributed by atoms with Crippen molar-refractivity contribution in [1.82, 2.24) is 14.9 Å². The maximum atomic E-state index is 13.0. The molecule has 0 saturated carbocycles. The number of nitrogens with one attached hydrogen (secondary N) is 1. The third-order valence-electron chi connectivity index (χ3n) is 4.60. The average Bonchev–Trinajstić information content (AvgIpc) is 3.08. The molecule has 0 amide bonds. The Balaban J connectivity index is 2.49. The number of esters is 2. The molecule has 0 bridgehead atoms. The monoisotopic (exact) mass is 453 g/mol. The van der Waals surface area contributed by atoms with Crippen molar-refractivity contribution >= 4 is 17.8 Å². The fourth-order valence-electron chi connectivity index (χ4n) is 3.36. The largest absolute Gasteiger partial charge is 0.463 e. The number of nitrogens with zero attached hydrogens (tertiary/aromatic N) is 4. The molecule has 32 heavy (non-hydrogen) atoms. The van der Waals surface area contributed by atoms with E-state index in [4.69, 9.17) is 9.47 Å². The van der Waals surface area contributed by atoms with Crippen molar-refractivity contribution in [3.05, 3.63) is 54.8 Å². The Labute approximate surface area is 182 Å². The maximum Gasteiger partial charge on any atom is 0.385 e. The Morgan fingerprint density at radius 2 is 1.72 bits per heavy atom. The van der Waals surface area contributed by atoms with Gasteiger partial charge in [0, 0.05) is 24.9 Å². The Morgan fingerprint density at radius 3 is 2.25 bits per heavy atom. The lowest BCUT2D eigenvalue weighted by Gasteiger charge is -2.29. The van der Waals surface area contributed by atoms with E-state index in [2.05, 4.69) is 15.1 Å². The summed E-state index contributed by atoms with van der Waals surface area (Å²) in [5.41, 5.74) is 0.648. The quantitative estimate of drug-likeness (QED) is 0.233. The number of carbonyl (C=O) groups is 2. The van der Waals surface area contributed by atoms with Crippen LogP contribution in [0.3, 0.4) is 0 Å². The van der Waals surface area contributed by atoms with Crippen LogP contribution in [0, 0.1) is 20.2 Å². The third kappa shape index (κ3) is 5.19. The first-order valence-corrected chi connectivity index (χ1v) is 9.55. The van der Waals surface area contributed by atoms with E-state index in [-0.39, 0.29) is 43.1 Å². The Morgan fingerprint density at radius 1 is 1.12 bits per heavy atom. The van der Waals surface area contributed by atoms with Gasteiger partial charge in [0.05, 0.1) is 36.9 Å². The topological polar surface area (TPSA) is 178 Å². The van der Waals surface area contributed by atoms with Crippen LogP contribution in [0.4, 0.5) is 5.82 Å². The smallest absolute Gasteiger partial charge is 0.385 e. The minimum absolute atomic E-state index is 0.00175. The summed E-state index contributed by atoms with van der Waals surface area (Å²) in [4.78, 5) is 54.8. The van der Waals surface area contributed by atoms with Gasteiger partial charge < -0.3 is 34.3 Å². The molecule has 0 aliphatic carbocycles. The first-order chi connectivity index (χ1) is 15.1. The molecular formula is C18H23N5O9. The van der Waals surface area contributed by atoms with Gasteiger partial charge in [0.15, 0.2) is 0 Å². The number of aromatic nitrogens is 2. The zero-order chi connectivity index (χ0) is 24.0. The lowest BCUT2D eigenvalue weighted by molar-refractivity contribution is -0.757. The highest BCUT2D eigenvalue weighted by Gasteiger charge is 2.43. The number of aryl methyl sites for hydroxylation is 1. The fraction of sp³-hybridized carbons (Fsp3) is 0.500. The number of hydrogen-bond donors (Lipinski definition) is 1. The molecule has 0 radical (unpaired) electrons. The molecule has 0 saturated heterocycles. The van der Waals surface area contributed by atoms with E-state index in [9.17, 15) is 29.8 Å². The maximum absolute atomic E-state index is 13.0. The lowest BCUT2D eigenvalue weighted by Crippen LogP contribution is -2.33. The van der Waals surface area contributed by atoms with Gasteiger partial charge in [0.2, 0.25) is 6.33 Å². The van der Waals surface area contributed by atoms with E-state index in [1.165, 1.54) is 17.9 Å². The molecule has 1 atom stereocenters. The van der Waals surface area contributed by atoms with Gasteiger partial charge in [-0.15, -0.1) is 10.1 Å². The molecule has 174 valence electrons. The third-order valence-corrected chi connectivity index (χ3v) is 4.60. The second kappa shape index (κ2) is 10.4. The molecule has 1 aliphatic rings. The second-order valence-corrected chi connectivity index (χ2v) is 6.72. The second-order valence-electron chi connectivity index (χ2n) is 6.72. The van der Waals surface area contributed by atoms with E-state index in [1.54, 1.807) is 20.8 Å². The molecule has 0 aromatic carbocycles. The van der Waals surface area contributed by atoms with Gasteiger partial charge in [-0.05, 0) is 30.7 Å². The summed E-state index contributed by atoms with van der Waals surface area (Å²) < 4.78 is 11.7. The predicted octanol–water partition coefficient (Wildman–Crippen LogP) is 1.27. The van der Waals surface area contributed by atoms with Crippen molar-refractivity contribution in [2.75, 3.05) is 19.8 Å². The molecular weight excluding hydrogens is 430 g/mol. The number of nitro groups is 1. The summed E-state index contributed by atoms with van der Waals surface area (Å²) in [5.74, 6) is -3.32. The van der Waals surface area contributed by atoms with Gasteiger partial charge in [-0.1, -0.05) is 0 Å². The molecule has 1 aliphatic heterocycles. The minimum atomic E-state index is -1.19. The molecule has 1 unspecified atom stereocenters. The van der Waals surface area contributed by atoms with Crippen LogP contribution >= 0.6 is 0 Å². The number of ether oxygens (including phenoxy) is 2. The number of allylic oxidation sites excluding steroid dienone is 2. The van der Waals surface area contributed by atoms with Crippen molar-refractivity contribution < 1.29 is 33.9 Å². The molecule has 2 heterocycles. The van der Waals surface area contributed by atoms with Crippen LogP contribution in [0.15, 0.2) is 28.9 Å². The van der Waals surface area contributed by atoms with Crippen LogP contribution in [-0.4, -0.2) is 51.3 Å². The first-order valence-electron chi connectivity index (χ1n) is 9.55. The Bertz CT molecular complexity index is 995. The highest BCUT2D eigenvalue weighted by atomic mass is 16.9. The van der Waals surface area contributed by atoms with Crippen LogP contribution in [0.5, 0.6) is 0 Å². The van der Waals surface area contributed by atoms with Crippen molar-refractivity contribution in [2.24, 2.45) is 7.05 Å². The number of rotatable bonds is 10. The van der Waals surface area contributed by atoms with Gasteiger partial charge in [0.1, 0.15) is 5.69 Å². The molecule has 0 fully saturated rings. The van der Waals surface area contributed by atoms with E-state index < -0.39 is 33.7 Å². The van der Waals surface area contributed by atoms with Crippen molar-refractivity contribution in [3.8, 4) is 0 Å². The predicted molar refractivity (Wildman–Crippen MR) is 106 cm³/mol. The van der Waals surface area contributed by atoms with Crippen molar-refractivity contribution in [2.45, 2.75) is 33.1 Å². The normalized spacial score (nSPS) is 15.8. The van der Waals surface area contributed by atoms with Crippen LogP contribution in [0.2, 0.25) is 0 Å². The molecule has 0 spiro atoms. The highest BCUT2D eigenvalue weighted by molar-refractivity contribution is 6.00. The summed E-state index contributed by atoms with van der Waals surface area (Å²) in [7, 11) is 1.50. The molecule has 14 nitrogen and oxygen atoms in total. The van der Waals surface area contributed by atoms with Gasteiger partial charge in [-0.25, -0.2) is 9.59 Å². The van der Waals surface area contributed by atoms with E-state index in [0.29, 0.717) is 11.4 Å². The zero-order valence-electron chi connectivity index (χ0n) is 17.9. The minimum Gasteiger partial charge on any atom is -0.463 e. The summed E-state index contributed by atoms with van der Waals surface area (Å²) >= 11 is 0. The first kappa shape index (κ1) is 24.3. The molecule has 1 N–H and O–H groups in total. The van der Waals surface area contributed by atoms with Gasteiger partial charge >= 0.3 is 17.8 Å². The summed E-state index contributed by atoms with van der Waals surface area (Å²) in [6, 6.07) is 0. The number of carbonyl (C=O) groups excluding carboxylic acids is 2. The van der Waals surface area contributed by atoms with Crippen molar-refractivity contribution in [3.63, 3.8) is 0 Å². The Kier molecular flexibility index (Phi) is 7.87. The number of imidazole rings is 1. The highest BCUT2D eigenvalue weighted by Crippen LogP contribution is 2.42. The molecule has 1 aromatic rings. The summed E-state index contributed by atoms with van der Waals surface area (Å²) in [5, 5.41) is 23.8. The number of dihydropyridines is 1. The van der Waals surface area contributed by atoms with Crippen LogP contribution in [0.25, 0.3) is 0 Å². The SMILES string of the molecule is CCOC(=O)C1=C(C)NC(C)=C(C(=O)OCCCO[N+](=O)[O-])C1c1c([N+](=O)[O-])ncn1C. The molecule has 2 rings (SSSR count). The van der Waals surface area contributed by atoms with Crippen LogP contribution in [0.1, 0.15) is 38.8 Å². The van der Waals surface area contributed by atoms with Gasteiger partial charge in [0.25, 0.3) is 5.09 Å². The Hall–Kier alpha value is -3.97. The zero-order valence-corrected chi connectivity index (χ0v) is 17.9. The van der Waals surface area contributed by atoms with Gasteiger partial charge in [-0.3, -0.25) is 0 Å². The fourth-order valence-corrected chi connectivity index (χ4v) is 3.36. The molecule has 1 aromatic heterocycles. The van der Waals surface area contributed by atoms with Crippen molar-refractivity contribution in [1.29, 1.82) is 0 Å².